The van der Waals surface area contributed by atoms with E-state index >= 15 is 0 Å². The zero-order chi connectivity index (χ0) is 26.6. The molecule has 0 unspecified atom stereocenters. The van der Waals surface area contributed by atoms with Gasteiger partial charge >= 0.3 is 0 Å². The van der Waals surface area contributed by atoms with Gasteiger partial charge in [0.1, 0.15) is 0 Å². The van der Waals surface area contributed by atoms with E-state index in [9.17, 15) is 4.79 Å². The van der Waals surface area contributed by atoms with E-state index in [0.29, 0.717) is 15.6 Å². The van der Waals surface area contributed by atoms with Gasteiger partial charge in [-0.2, -0.15) is 5.10 Å². The summed E-state index contributed by atoms with van der Waals surface area (Å²) >= 11 is 13.8. The van der Waals surface area contributed by atoms with Gasteiger partial charge in [-0.3, -0.25) is 4.79 Å². The standard InChI is InChI=1S/C29H23Cl2N5OS/c1-18-14-22(19(2)36(18)24-12-13-25(30)26(31)15-24)16-32-35-28(37)21-8-10-23(11-9-21)33-29-34-27(17-38-29)20-6-4-3-5-7-20/h3-17H,1-2H3,(H,33,34)(H,35,37)/b32-16-. The normalized spacial score (nSPS) is 11.2. The minimum Gasteiger partial charge on any atom is -0.332 e. The summed E-state index contributed by atoms with van der Waals surface area (Å²) in [5.41, 5.74) is 9.69. The predicted molar refractivity (Wildman–Crippen MR) is 158 cm³/mol. The summed E-state index contributed by atoms with van der Waals surface area (Å²) < 4.78 is 2.06. The topological polar surface area (TPSA) is 71.3 Å². The van der Waals surface area contributed by atoms with Gasteiger partial charge in [0.05, 0.1) is 22.0 Å². The Kier molecular flexibility index (Phi) is 7.60. The van der Waals surface area contributed by atoms with Crippen molar-refractivity contribution in [1.29, 1.82) is 0 Å². The van der Waals surface area contributed by atoms with Crippen LogP contribution in [-0.2, 0) is 0 Å². The van der Waals surface area contributed by atoms with Gasteiger partial charge in [-0.25, -0.2) is 10.4 Å². The molecule has 190 valence electrons. The van der Waals surface area contributed by atoms with Crippen LogP contribution >= 0.6 is 34.5 Å². The Morgan fingerprint density at radius 3 is 2.47 bits per heavy atom. The fraction of sp³-hybridized carbons (Fsp3) is 0.0690. The fourth-order valence-corrected chi connectivity index (χ4v) is 5.10. The third-order valence-electron chi connectivity index (χ3n) is 5.97. The number of thiazole rings is 1. The molecule has 0 fully saturated rings. The van der Waals surface area contributed by atoms with Gasteiger partial charge in [-0.1, -0.05) is 53.5 Å². The molecule has 5 rings (SSSR count). The summed E-state index contributed by atoms with van der Waals surface area (Å²) in [5, 5.41) is 11.2. The lowest BCUT2D eigenvalue weighted by Crippen LogP contribution is -2.17. The third-order valence-corrected chi connectivity index (χ3v) is 7.47. The largest absolute Gasteiger partial charge is 0.332 e. The molecule has 6 nitrogen and oxygen atoms in total. The van der Waals surface area contributed by atoms with Crippen molar-refractivity contribution in [3.63, 3.8) is 0 Å². The van der Waals surface area contributed by atoms with Crippen LogP contribution in [0.4, 0.5) is 10.8 Å². The summed E-state index contributed by atoms with van der Waals surface area (Å²) in [6.07, 6.45) is 1.64. The average Bonchev–Trinajstić information content (AvgIpc) is 3.50. The number of rotatable bonds is 7. The molecule has 0 radical (unpaired) electrons. The smallest absolute Gasteiger partial charge is 0.271 e. The fourth-order valence-electron chi connectivity index (χ4n) is 4.07. The van der Waals surface area contributed by atoms with E-state index in [1.807, 2.05) is 79.9 Å². The number of hydrogen-bond acceptors (Lipinski definition) is 5. The number of benzene rings is 3. The highest BCUT2D eigenvalue weighted by Crippen LogP contribution is 2.28. The van der Waals surface area contributed by atoms with Crippen LogP contribution in [0.5, 0.6) is 0 Å². The molecule has 38 heavy (non-hydrogen) atoms. The van der Waals surface area contributed by atoms with Crippen LogP contribution in [0.2, 0.25) is 10.0 Å². The lowest BCUT2D eigenvalue weighted by Gasteiger charge is -2.10. The van der Waals surface area contributed by atoms with Crippen molar-refractivity contribution >= 4 is 57.5 Å². The molecule has 1 amide bonds. The van der Waals surface area contributed by atoms with Crippen LogP contribution in [0.3, 0.4) is 0 Å². The Labute approximate surface area is 234 Å². The van der Waals surface area contributed by atoms with Crippen molar-refractivity contribution in [2.45, 2.75) is 13.8 Å². The first kappa shape index (κ1) is 25.7. The summed E-state index contributed by atoms with van der Waals surface area (Å²) in [6.45, 7) is 3.98. The molecule has 0 aliphatic rings. The Hall–Kier alpha value is -3.91. The van der Waals surface area contributed by atoms with Gasteiger partial charge in [0.25, 0.3) is 5.91 Å². The maximum Gasteiger partial charge on any atom is 0.271 e. The second-order valence-corrected chi connectivity index (χ2v) is 10.2. The van der Waals surface area contributed by atoms with Crippen LogP contribution in [0.25, 0.3) is 16.9 Å². The minimum atomic E-state index is -0.299. The number of nitrogens with one attached hydrogen (secondary N) is 2. The quantitative estimate of drug-likeness (QED) is 0.156. The highest BCUT2D eigenvalue weighted by Gasteiger charge is 2.12. The van der Waals surface area contributed by atoms with E-state index in [1.165, 1.54) is 11.3 Å². The Balaban J connectivity index is 1.22. The minimum absolute atomic E-state index is 0.299. The number of hydrogen-bond donors (Lipinski definition) is 2. The summed E-state index contributed by atoms with van der Waals surface area (Å²) in [4.78, 5) is 17.3. The first-order valence-electron chi connectivity index (χ1n) is 11.7. The monoisotopic (exact) mass is 559 g/mol. The van der Waals surface area contributed by atoms with Crippen LogP contribution in [0, 0.1) is 13.8 Å². The van der Waals surface area contributed by atoms with Gasteiger partial charge in [-0.15, -0.1) is 11.3 Å². The zero-order valence-electron chi connectivity index (χ0n) is 20.6. The Morgan fingerprint density at radius 1 is 0.974 bits per heavy atom. The first-order chi connectivity index (χ1) is 18.4. The van der Waals surface area contributed by atoms with E-state index in [1.54, 1.807) is 24.4 Å². The molecule has 3 aromatic carbocycles. The lowest BCUT2D eigenvalue weighted by molar-refractivity contribution is 0.0955. The van der Waals surface area contributed by atoms with Crippen LogP contribution in [-0.4, -0.2) is 21.7 Å². The molecule has 9 heteroatoms. The van der Waals surface area contributed by atoms with Gasteiger partial charge in [0.15, 0.2) is 5.13 Å². The highest BCUT2D eigenvalue weighted by molar-refractivity contribution is 7.14. The second kappa shape index (κ2) is 11.2. The van der Waals surface area contributed by atoms with E-state index in [2.05, 4.69) is 25.4 Å². The summed E-state index contributed by atoms with van der Waals surface area (Å²) in [6, 6.07) is 24.7. The summed E-state index contributed by atoms with van der Waals surface area (Å²) in [7, 11) is 0. The zero-order valence-corrected chi connectivity index (χ0v) is 22.9. The molecular formula is C29H23Cl2N5OS. The van der Waals surface area contributed by atoms with Gasteiger partial charge in [0.2, 0.25) is 0 Å². The number of anilines is 2. The number of aromatic nitrogens is 2. The van der Waals surface area contributed by atoms with Crippen LogP contribution in [0.15, 0.2) is 89.3 Å². The number of nitrogens with zero attached hydrogens (tertiary/aromatic N) is 3. The number of aryl methyl sites for hydroxylation is 1. The first-order valence-corrected chi connectivity index (χ1v) is 13.4. The highest BCUT2D eigenvalue weighted by atomic mass is 35.5. The molecule has 2 heterocycles. The third kappa shape index (κ3) is 5.65. The van der Waals surface area contributed by atoms with Crippen molar-refractivity contribution in [2.24, 2.45) is 5.10 Å². The molecule has 0 atom stereocenters. The average molecular weight is 561 g/mol. The molecular weight excluding hydrogens is 537 g/mol. The molecule has 2 N–H and O–H groups in total. The molecule has 0 bridgehead atoms. The molecule has 5 aromatic rings. The van der Waals surface area contributed by atoms with Crippen LogP contribution < -0.4 is 10.7 Å². The predicted octanol–water partition coefficient (Wildman–Crippen LogP) is 8.03. The number of carbonyl (C=O) groups is 1. The van der Waals surface area contributed by atoms with Crippen molar-refractivity contribution in [2.75, 3.05) is 5.32 Å². The molecule has 0 saturated heterocycles. The number of hydrazone groups is 1. The van der Waals surface area contributed by atoms with Crippen LogP contribution in [0.1, 0.15) is 27.3 Å². The number of amides is 1. The van der Waals surface area contributed by atoms with Crippen molar-refractivity contribution in [3.8, 4) is 16.9 Å². The van der Waals surface area contributed by atoms with Gasteiger partial charge in [-0.05, 0) is 62.4 Å². The molecule has 0 aliphatic heterocycles. The maximum absolute atomic E-state index is 12.6. The van der Waals surface area contributed by atoms with E-state index < -0.39 is 0 Å². The van der Waals surface area contributed by atoms with Gasteiger partial charge in [0, 0.05) is 44.8 Å². The number of carbonyl (C=O) groups excluding carboxylic acids is 1. The SMILES string of the molecule is Cc1cc(/C=N\NC(=O)c2ccc(Nc3nc(-c4ccccc4)cs3)cc2)c(C)n1-c1ccc(Cl)c(Cl)c1. The molecule has 2 aromatic heterocycles. The van der Waals surface area contributed by atoms with Gasteiger partial charge < -0.3 is 9.88 Å². The van der Waals surface area contributed by atoms with Crippen molar-refractivity contribution < 1.29 is 4.79 Å². The second-order valence-electron chi connectivity index (χ2n) is 8.57. The molecule has 0 spiro atoms. The summed E-state index contributed by atoms with van der Waals surface area (Å²) in [5.74, 6) is -0.299. The molecule has 0 aliphatic carbocycles. The Bertz CT molecular complexity index is 1630. The molecule has 0 saturated carbocycles. The maximum atomic E-state index is 12.6. The van der Waals surface area contributed by atoms with Crippen molar-refractivity contribution in [3.05, 3.63) is 117 Å². The van der Waals surface area contributed by atoms with E-state index in [-0.39, 0.29) is 5.91 Å². The lowest BCUT2D eigenvalue weighted by atomic mass is 10.2. The number of halogens is 2. The Morgan fingerprint density at radius 2 is 1.74 bits per heavy atom. The van der Waals surface area contributed by atoms with E-state index in [0.717, 1.165) is 44.7 Å². The van der Waals surface area contributed by atoms with Crippen molar-refractivity contribution in [1.82, 2.24) is 15.0 Å². The van der Waals surface area contributed by atoms with E-state index in [4.69, 9.17) is 23.2 Å².